The zero-order valence-corrected chi connectivity index (χ0v) is 24.9. The van der Waals surface area contributed by atoms with Crippen LogP contribution < -0.4 is 0 Å². The lowest BCUT2D eigenvalue weighted by Gasteiger charge is -2.06. The molecule has 1 aliphatic heterocycles. The third-order valence-electron chi connectivity index (χ3n) is 8.54. The lowest BCUT2D eigenvalue weighted by molar-refractivity contribution is 1.32. The van der Waals surface area contributed by atoms with E-state index in [2.05, 4.69) is 132 Å². The number of hydrogen-bond acceptors (Lipinski definition) is 2. The number of aryl methyl sites for hydroxylation is 2. The fourth-order valence-corrected chi connectivity index (χ4v) is 6.25. The SMILES string of the molecule is Cc1ccc(-c2c3nc(c(-c4cccc(C#N)c4)c4ccc([nH]4)c(-c4ccc(C)cc4)c4ccc([nH]4)c4ccc2[nH]4)C=C3)cc1. The summed E-state index contributed by atoms with van der Waals surface area (Å²) in [5.41, 5.74) is 16.8. The highest BCUT2D eigenvalue weighted by Gasteiger charge is 2.16. The second-order valence-corrected chi connectivity index (χ2v) is 11.6. The van der Waals surface area contributed by atoms with E-state index in [0.717, 1.165) is 77.9 Å². The van der Waals surface area contributed by atoms with E-state index in [0.29, 0.717) is 5.56 Å². The molecule has 0 saturated carbocycles. The fraction of sp³-hybridized carbons (Fsp3) is 0.0500. The van der Waals surface area contributed by atoms with E-state index in [-0.39, 0.29) is 0 Å². The lowest BCUT2D eigenvalue weighted by Crippen LogP contribution is -1.88. The van der Waals surface area contributed by atoms with Gasteiger partial charge < -0.3 is 15.0 Å². The first-order valence-electron chi connectivity index (χ1n) is 15.0. The Bertz CT molecular complexity index is 2440. The van der Waals surface area contributed by atoms with Crippen LogP contribution in [0.15, 0.2) is 109 Å². The predicted molar refractivity (Wildman–Crippen MR) is 186 cm³/mol. The molecule has 4 aromatic heterocycles. The average Bonchev–Trinajstić information content (AvgIpc) is 3.89. The van der Waals surface area contributed by atoms with Gasteiger partial charge in [-0.2, -0.15) is 5.26 Å². The maximum atomic E-state index is 9.75. The largest absolute Gasteiger partial charge is 0.354 e. The number of nitriles is 1. The van der Waals surface area contributed by atoms with Gasteiger partial charge in [0.05, 0.1) is 34.1 Å². The van der Waals surface area contributed by atoms with Crippen molar-refractivity contribution in [2.75, 3.05) is 0 Å². The van der Waals surface area contributed by atoms with Crippen LogP contribution >= 0.6 is 0 Å². The second kappa shape index (κ2) is 10.6. The molecule has 7 aromatic rings. The van der Waals surface area contributed by atoms with Crippen LogP contribution in [0.3, 0.4) is 0 Å². The first-order chi connectivity index (χ1) is 22.0. The van der Waals surface area contributed by atoms with Gasteiger partial charge in [0.1, 0.15) is 0 Å². The molecule has 0 atom stereocenters. The van der Waals surface area contributed by atoms with Crippen molar-refractivity contribution in [3.8, 4) is 39.4 Å². The average molecular weight is 580 g/mol. The summed E-state index contributed by atoms with van der Waals surface area (Å²) in [5, 5.41) is 9.75. The number of fused-ring (bicyclic) bond motifs is 9. The van der Waals surface area contributed by atoms with Crippen molar-refractivity contribution < 1.29 is 0 Å². The number of hydrogen-bond donors (Lipinski definition) is 3. The van der Waals surface area contributed by atoms with Crippen molar-refractivity contribution in [2.45, 2.75) is 13.8 Å². The molecule has 0 fully saturated rings. The van der Waals surface area contributed by atoms with Gasteiger partial charge in [0.2, 0.25) is 0 Å². The van der Waals surface area contributed by atoms with E-state index in [1.54, 1.807) is 0 Å². The van der Waals surface area contributed by atoms with E-state index in [1.807, 2.05) is 24.3 Å². The Morgan fingerprint density at radius 1 is 0.489 bits per heavy atom. The fourth-order valence-electron chi connectivity index (χ4n) is 6.25. The van der Waals surface area contributed by atoms with E-state index in [1.165, 1.54) is 11.1 Å². The highest BCUT2D eigenvalue weighted by molar-refractivity contribution is 5.99. The number of rotatable bonds is 3. The molecule has 8 bridgehead atoms. The summed E-state index contributed by atoms with van der Waals surface area (Å²) in [6.45, 7) is 4.20. The molecule has 0 unspecified atom stereocenters. The highest BCUT2D eigenvalue weighted by Crippen LogP contribution is 2.36. The topological polar surface area (TPSA) is 84.0 Å². The highest BCUT2D eigenvalue weighted by atomic mass is 14.8. The number of nitrogens with one attached hydrogen (secondary N) is 3. The van der Waals surface area contributed by atoms with Gasteiger partial charge in [-0.15, -0.1) is 0 Å². The summed E-state index contributed by atoms with van der Waals surface area (Å²) in [6, 6.07) is 40.0. The first kappa shape index (κ1) is 26.5. The Morgan fingerprint density at radius 3 is 1.47 bits per heavy atom. The lowest BCUT2D eigenvalue weighted by atomic mass is 10.0. The molecule has 8 rings (SSSR count). The minimum Gasteiger partial charge on any atom is -0.354 e. The molecule has 0 amide bonds. The number of aromatic nitrogens is 4. The van der Waals surface area contributed by atoms with Crippen molar-refractivity contribution >= 4 is 45.3 Å². The Morgan fingerprint density at radius 2 is 0.933 bits per heavy atom. The summed E-state index contributed by atoms with van der Waals surface area (Å²) in [6.07, 6.45) is 4.17. The van der Waals surface area contributed by atoms with Crippen LogP contribution in [-0.2, 0) is 0 Å². The Labute approximate surface area is 260 Å². The van der Waals surface area contributed by atoms with Gasteiger partial charge in [-0.3, -0.25) is 0 Å². The molecule has 1 aliphatic rings. The quantitative estimate of drug-likeness (QED) is 0.195. The van der Waals surface area contributed by atoms with E-state index in [4.69, 9.17) is 4.98 Å². The van der Waals surface area contributed by atoms with Gasteiger partial charge in [0, 0.05) is 38.8 Å². The molecular formula is C40H29N5. The molecule has 5 heteroatoms. The molecule has 214 valence electrons. The van der Waals surface area contributed by atoms with Gasteiger partial charge in [-0.05, 0) is 91.2 Å². The van der Waals surface area contributed by atoms with Crippen LogP contribution in [0.1, 0.15) is 28.1 Å². The molecule has 45 heavy (non-hydrogen) atoms. The first-order valence-corrected chi connectivity index (χ1v) is 15.0. The Hall–Kier alpha value is -6.12. The summed E-state index contributed by atoms with van der Waals surface area (Å²) in [7, 11) is 0. The normalized spacial score (nSPS) is 11.7. The van der Waals surface area contributed by atoms with Gasteiger partial charge >= 0.3 is 0 Å². The molecule has 5 nitrogen and oxygen atoms in total. The summed E-state index contributed by atoms with van der Waals surface area (Å²) in [5.74, 6) is 0. The maximum Gasteiger partial charge on any atom is 0.0991 e. The maximum absolute atomic E-state index is 9.75. The van der Waals surface area contributed by atoms with E-state index in [9.17, 15) is 5.26 Å². The Kier molecular flexibility index (Phi) is 6.21. The molecule has 0 saturated heterocycles. The van der Waals surface area contributed by atoms with Crippen molar-refractivity contribution in [1.29, 1.82) is 5.26 Å². The third-order valence-corrected chi connectivity index (χ3v) is 8.54. The van der Waals surface area contributed by atoms with Crippen LogP contribution in [0.2, 0.25) is 0 Å². The smallest absolute Gasteiger partial charge is 0.0991 e. The van der Waals surface area contributed by atoms with Crippen LogP contribution in [-0.4, -0.2) is 19.9 Å². The monoisotopic (exact) mass is 579 g/mol. The molecule has 3 N–H and O–H groups in total. The number of benzene rings is 3. The van der Waals surface area contributed by atoms with Gasteiger partial charge in [-0.25, -0.2) is 4.98 Å². The minimum absolute atomic E-state index is 0.603. The van der Waals surface area contributed by atoms with Gasteiger partial charge in [0.15, 0.2) is 0 Å². The molecule has 0 radical (unpaired) electrons. The Balaban J connectivity index is 1.56. The van der Waals surface area contributed by atoms with Crippen LogP contribution in [0.5, 0.6) is 0 Å². The van der Waals surface area contributed by atoms with Crippen LogP contribution in [0, 0.1) is 25.2 Å². The number of H-pyrrole nitrogens is 3. The van der Waals surface area contributed by atoms with E-state index < -0.39 is 0 Å². The summed E-state index contributed by atoms with van der Waals surface area (Å²) in [4.78, 5) is 16.4. The van der Waals surface area contributed by atoms with Crippen LogP contribution in [0.25, 0.3) is 78.6 Å². The second-order valence-electron chi connectivity index (χ2n) is 11.6. The van der Waals surface area contributed by atoms with Crippen LogP contribution in [0.4, 0.5) is 0 Å². The predicted octanol–water partition coefficient (Wildman–Crippen LogP) is 10.2. The number of aromatic amines is 3. The third kappa shape index (κ3) is 4.70. The molecule has 0 aliphatic carbocycles. The molecule has 5 heterocycles. The zero-order chi connectivity index (χ0) is 30.5. The summed E-state index contributed by atoms with van der Waals surface area (Å²) >= 11 is 0. The minimum atomic E-state index is 0.603. The van der Waals surface area contributed by atoms with E-state index >= 15 is 0 Å². The molecule has 0 spiro atoms. The van der Waals surface area contributed by atoms with Crippen molar-refractivity contribution in [1.82, 2.24) is 19.9 Å². The standard InChI is InChI=1S/C40H29N5/c1-24-6-10-27(11-7-24)38-32-16-14-30(42-32)31-15-17-33(43-31)39(28-12-8-25(2)9-13-28)35-19-21-37(45-35)40(36-20-18-34(38)44-36)29-5-3-4-26(22-29)23-41/h3-22,42-44H,1-2H3. The van der Waals surface area contributed by atoms with Crippen molar-refractivity contribution in [3.05, 3.63) is 137 Å². The molecular weight excluding hydrogens is 550 g/mol. The number of nitrogens with zero attached hydrogens (tertiary/aromatic N) is 2. The zero-order valence-electron chi connectivity index (χ0n) is 24.9. The van der Waals surface area contributed by atoms with Crippen molar-refractivity contribution in [3.63, 3.8) is 0 Å². The summed E-state index contributed by atoms with van der Waals surface area (Å²) < 4.78 is 0. The molecule has 3 aromatic carbocycles. The van der Waals surface area contributed by atoms with Crippen molar-refractivity contribution in [2.24, 2.45) is 0 Å². The van der Waals surface area contributed by atoms with Gasteiger partial charge in [0.25, 0.3) is 0 Å². The van der Waals surface area contributed by atoms with Gasteiger partial charge in [-0.1, -0.05) is 71.8 Å².